The summed E-state index contributed by atoms with van der Waals surface area (Å²) >= 11 is 0. The van der Waals surface area contributed by atoms with Gasteiger partial charge in [0.2, 0.25) is 0 Å². The third-order valence-electron chi connectivity index (χ3n) is 8.06. The smallest absolute Gasteiger partial charge is 0.270 e. The number of rotatable bonds is 5. The van der Waals surface area contributed by atoms with Gasteiger partial charge in [-0.05, 0) is 102 Å². The Kier molecular flexibility index (Phi) is 6.53. The first-order valence-electron chi connectivity index (χ1n) is 14.2. The summed E-state index contributed by atoms with van der Waals surface area (Å²) in [6, 6.07) is 51.8. The van der Waals surface area contributed by atoms with E-state index in [1.807, 2.05) is 48.5 Å². The summed E-state index contributed by atoms with van der Waals surface area (Å²) in [4.78, 5) is 0. The summed E-state index contributed by atoms with van der Waals surface area (Å²) < 4.78 is 20.5. The van der Waals surface area contributed by atoms with Crippen LogP contribution in [0.4, 0.5) is 22.7 Å². The maximum Gasteiger partial charge on any atom is 0.301 e. The Hall–Kier alpha value is -4.85. The molecule has 1 aliphatic rings. The van der Waals surface area contributed by atoms with Crippen molar-refractivity contribution in [1.82, 2.24) is 0 Å². The zero-order chi connectivity index (χ0) is 28.7. The Labute approximate surface area is 247 Å². The number of hydrogen-bond donors (Lipinski definition) is 0. The van der Waals surface area contributed by atoms with Crippen molar-refractivity contribution in [3.8, 4) is 22.3 Å². The van der Waals surface area contributed by atoms with Crippen molar-refractivity contribution in [2.75, 3.05) is 9.34 Å². The lowest BCUT2D eigenvalue weighted by atomic mass is 9.99. The number of aryl methyl sites for hydroxylation is 2. The molecule has 0 saturated heterocycles. The summed E-state index contributed by atoms with van der Waals surface area (Å²) in [7, 11) is -3.54. The van der Waals surface area contributed by atoms with Crippen molar-refractivity contribution < 1.29 is 4.57 Å². The Morgan fingerprint density at radius 2 is 0.786 bits per heavy atom. The van der Waals surface area contributed by atoms with Gasteiger partial charge in [0.25, 0.3) is 0 Å². The highest BCUT2D eigenvalue weighted by Gasteiger charge is 2.49. The summed E-state index contributed by atoms with van der Waals surface area (Å²) in [5, 5.41) is 0.780. The van der Waals surface area contributed by atoms with Gasteiger partial charge in [-0.2, -0.15) is 0 Å². The van der Waals surface area contributed by atoms with Crippen molar-refractivity contribution in [3.05, 3.63) is 163 Å². The molecule has 6 aromatic carbocycles. The van der Waals surface area contributed by atoms with Crippen LogP contribution in [0.1, 0.15) is 11.1 Å². The highest BCUT2D eigenvalue weighted by atomic mass is 31.2. The first-order chi connectivity index (χ1) is 20.5. The van der Waals surface area contributed by atoms with E-state index in [-0.39, 0.29) is 0 Å². The van der Waals surface area contributed by atoms with Gasteiger partial charge in [-0.25, -0.2) is 0 Å². The Morgan fingerprint density at radius 1 is 0.429 bits per heavy atom. The SMILES string of the molecule is Cc1cc2c(cc1C)N(c1ccccc1)P(=O)(c1cc(-c3ccccc3)cc(-c3ccccc3)c1)N2c1ccccc1. The Balaban J connectivity index is 1.57. The second-order valence-corrected chi connectivity index (χ2v) is 13.2. The van der Waals surface area contributed by atoms with Crippen LogP contribution < -0.4 is 14.6 Å². The van der Waals surface area contributed by atoms with Gasteiger partial charge in [-0.1, -0.05) is 97.1 Å². The molecule has 0 radical (unpaired) electrons. The molecule has 1 aliphatic heterocycles. The predicted molar refractivity (Wildman–Crippen MR) is 178 cm³/mol. The van der Waals surface area contributed by atoms with Crippen molar-refractivity contribution in [3.63, 3.8) is 0 Å². The van der Waals surface area contributed by atoms with E-state index < -0.39 is 7.44 Å². The number of anilines is 4. The highest BCUT2D eigenvalue weighted by molar-refractivity contribution is 7.76. The molecule has 0 bridgehead atoms. The molecule has 6 aromatic rings. The van der Waals surface area contributed by atoms with Gasteiger partial charge < -0.3 is 0 Å². The molecular formula is C38H31N2OP. The van der Waals surface area contributed by atoms with E-state index in [9.17, 15) is 0 Å². The highest BCUT2D eigenvalue weighted by Crippen LogP contribution is 2.70. The number of benzene rings is 6. The van der Waals surface area contributed by atoms with Crippen LogP contribution in [-0.4, -0.2) is 0 Å². The van der Waals surface area contributed by atoms with E-state index >= 15 is 4.57 Å². The number of nitrogens with zero attached hydrogens (tertiary/aromatic N) is 2. The third kappa shape index (κ3) is 4.34. The molecule has 42 heavy (non-hydrogen) atoms. The number of fused-ring (bicyclic) bond motifs is 1. The molecule has 3 nitrogen and oxygen atoms in total. The van der Waals surface area contributed by atoms with Gasteiger partial charge in [-0.3, -0.25) is 13.9 Å². The molecule has 1 heterocycles. The predicted octanol–water partition coefficient (Wildman–Crippen LogP) is 10.4. The first-order valence-corrected chi connectivity index (χ1v) is 15.8. The van der Waals surface area contributed by atoms with Gasteiger partial charge in [0.15, 0.2) is 0 Å². The lowest BCUT2D eigenvalue weighted by molar-refractivity contribution is 0.582. The fourth-order valence-corrected chi connectivity index (χ4v) is 8.89. The van der Waals surface area contributed by atoms with E-state index in [1.165, 1.54) is 11.1 Å². The largest absolute Gasteiger partial charge is 0.301 e. The van der Waals surface area contributed by atoms with Gasteiger partial charge in [0.1, 0.15) is 0 Å². The third-order valence-corrected chi connectivity index (χ3v) is 11.0. The summed E-state index contributed by atoms with van der Waals surface area (Å²) in [6.07, 6.45) is 0. The Morgan fingerprint density at radius 3 is 1.17 bits per heavy atom. The van der Waals surface area contributed by atoms with Crippen LogP contribution in [-0.2, 0) is 4.57 Å². The molecule has 0 fully saturated rings. The number of para-hydroxylation sites is 2. The van der Waals surface area contributed by atoms with Crippen molar-refractivity contribution in [2.45, 2.75) is 13.8 Å². The van der Waals surface area contributed by atoms with Crippen molar-refractivity contribution >= 4 is 35.5 Å². The van der Waals surface area contributed by atoms with E-state index in [0.29, 0.717) is 0 Å². The molecule has 4 heteroatoms. The average molecular weight is 563 g/mol. The minimum absolute atomic E-state index is 0.780. The van der Waals surface area contributed by atoms with Gasteiger partial charge in [0, 0.05) is 11.4 Å². The summed E-state index contributed by atoms with van der Waals surface area (Å²) in [5.74, 6) is 0. The van der Waals surface area contributed by atoms with Crippen LogP contribution in [0.25, 0.3) is 22.3 Å². The molecule has 0 spiro atoms. The lowest BCUT2D eigenvalue weighted by Gasteiger charge is -2.33. The van der Waals surface area contributed by atoms with Gasteiger partial charge in [0.05, 0.1) is 16.7 Å². The van der Waals surface area contributed by atoms with Gasteiger partial charge >= 0.3 is 7.44 Å². The molecule has 0 aromatic heterocycles. The molecule has 0 aliphatic carbocycles. The van der Waals surface area contributed by atoms with Crippen molar-refractivity contribution in [1.29, 1.82) is 0 Å². The maximum absolute atomic E-state index is 16.4. The molecule has 7 rings (SSSR count). The standard InChI is InChI=1S/C38H31N2OP/c1-28-23-37-38(24-29(28)2)40(35-21-13-6-14-22-35)42(41,39(37)34-19-11-5-12-20-34)36-26-32(30-15-7-3-8-16-30)25-33(27-36)31-17-9-4-10-18-31/h3-27H,1-2H3. The molecule has 0 atom stereocenters. The van der Waals surface area contributed by atoms with Crippen LogP contribution in [0.15, 0.2) is 152 Å². The van der Waals surface area contributed by atoms with Crippen LogP contribution >= 0.6 is 7.44 Å². The van der Waals surface area contributed by atoms with Gasteiger partial charge in [-0.15, -0.1) is 0 Å². The normalized spacial score (nSPS) is 13.7. The second kappa shape index (κ2) is 10.5. The molecule has 0 amide bonds. The fraction of sp³-hybridized carbons (Fsp3) is 0.0526. The van der Waals surface area contributed by atoms with Crippen LogP contribution in [0.5, 0.6) is 0 Å². The minimum atomic E-state index is -3.54. The summed E-state index contributed by atoms with van der Waals surface area (Å²) in [5.41, 5.74) is 10.3. The van der Waals surface area contributed by atoms with E-state index in [2.05, 4.69) is 126 Å². The zero-order valence-corrected chi connectivity index (χ0v) is 24.6. The maximum atomic E-state index is 16.4. The molecule has 204 valence electrons. The second-order valence-electron chi connectivity index (χ2n) is 10.8. The van der Waals surface area contributed by atoms with E-state index in [1.54, 1.807) is 0 Å². The molecule has 0 unspecified atom stereocenters. The summed E-state index contributed by atoms with van der Waals surface area (Å²) in [6.45, 7) is 4.25. The van der Waals surface area contributed by atoms with E-state index in [0.717, 1.165) is 50.3 Å². The molecule has 0 N–H and O–H groups in total. The lowest BCUT2D eigenvalue weighted by Crippen LogP contribution is -2.26. The zero-order valence-electron chi connectivity index (χ0n) is 23.7. The quantitative estimate of drug-likeness (QED) is 0.195. The first kappa shape index (κ1) is 26.1. The Bertz CT molecular complexity index is 1790. The number of hydrogen-bond acceptors (Lipinski definition) is 1. The molecule has 0 saturated carbocycles. The van der Waals surface area contributed by atoms with Crippen LogP contribution in [0.2, 0.25) is 0 Å². The van der Waals surface area contributed by atoms with E-state index in [4.69, 9.17) is 0 Å². The monoisotopic (exact) mass is 562 g/mol. The van der Waals surface area contributed by atoms with Crippen molar-refractivity contribution in [2.24, 2.45) is 0 Å². The van der Waals surface area contributed by atoms with Crippen LogP contribution in [0, 0.1) is 13.8 Å². The van der Waals surface area contributed by atoms with Crippen LogP contribution in [0.3, 0.4) is 0 Å². The minimum Gasteiger partial charge on any atom is -0.270 e. The topological polar surface area (TPSA) is 23.6 Å². The fourth-order valence-electron chi connectivity index (χ4n) is 5.84. The average Bonchev–Trinajstić information content (AvgIpc) is 3.30. The molecular weight excluding hydrogens is 531 g/mol.